The van der Waals surface area contributed by atoms with E-state index < -0.39 is 29.6 Å². The Kier molecular flexibility index (Phi) is 7.00. The smallest absolute Gasteiger partial charge is 0.410 e. The Hall–Kier alpha value is -1.93. The summed E-state index contributed by atoms with van der Waals surface area (Å²) in [5, 5.41) is 3.03. The van der Waals surface area contributed by atoms with Crippen LogP contribution in [0.4, 0.5) is 19.3 Å². The van der Waals surface area contributed by atoms with Crippen molar-refractivity contribution in [2.45, 2.75) is 52.6 Å². The van der Waals surface area contributed by atoms with Gasteiger partial charge in [0.05, 0.1) is 11.6 Å². The van der Waals surface area contributed by atoms with E-state index in [9.17, 15) is 13.6 Å². The molecule has 0 aromatic heterocycles. The Labute approximate surface area is 158 Å². The molecule has 0 saturated carbocycles. The van der Waals surface area contributed by atoms with Gasteiger partial charge in [-0.25, -0.2) is 13.6 Å². The predicted octanol–water partition coefficient (Wildman–Crippen LogP) is 4.07. The van der Waals surface area contributed by atoms with Crippen molar-refractivity contribution < 1.29 is 27.8 Å². The van der Waals surface area contributed by atoms with Gasteiger partial charge in [0.1, 0.15) is 17.2 Å². The van der Waals surface area contributed by atoms with Gasteiger partial charge in [-0.1, -0.05) is 0 Å². The summed E-state index contributed by atoms with van der Waals surface area (Å²) in [6, 6.07) is 2.32. The van der Waals surface area contributed by atoms with Crippen LogP contribution in [0.25, 0.3) is 0 Å². The first kappa shape index (κ1) is 21.4. The van der Waals surface area contributed by atoms with Gasteiger partial charge in [0.15, 0.2) is 6.29 Å². The highest BCUT2D eigenvalue weighted by atomic mass is 19.1. The zero-order valence-electron chi connectivity index (χ0n) is 16.5. The van der Waals surface area contributed by atoms with E-state index in [1.807, 2.05) is 0 Å². The number of nitrogens with zero attached hydrogens (tertiary/aromatic N) is 1. The van der Waals surface area contributed by atoms with Gasteiger partial charge in [0.2, 0.25) is 0 Å². The Morgan fingerprint density at radius 2 is 1.70 bits per heavy atom. The molecule has 27 heavy (non-hydrogen) atoms. The van der Waals surface area contributed by atoms with Gasteiger partial charge in [-0.05, 0) is 46.8 Å². The minimum absolute atomic E-state index is 0.100. The molecule has 1 aromatic rings. The largest absolute Gasteiger partial charge is 0.444 e. The average molecular weight is 386 g/mol. The normalized spacial score (nSPS) is 15.0. The van der Waals surface area contributed by atoms with Crippen LogP contribution in [0.5, 0.6) is 0 Å². The summed E-state index contributed by atoms with van der Waals surface area (Å²) in [6.07, 6.45) is -1.48. The van der Waals surface area contributed by atoms with E-state index >= 15 is 0 Å². The van der Waals surface area contributed by atoms with E-state index in [1.165, 1.54) is 17.0 Å². The van der Waals surface area contributed by atoms with Gasteiger partial charge in [-0.2, -0.15) is 0 Å². The van der Waals surface area contributed by atoms with Crippen LogP contribution in [0.15, 0.2) is 12.1 Å². The second-order valence-corrected chi connectivity index (χ2v) is 7.32. The first-order valence-corrected chi connectivity index (χ1v) is 9.11. The second-order valence-electron chi connectivity index (χ2n) is 7.32. The standard InChI is InChI=1S/C19H28F2N2O4/c1-6-25-17(26-7-2)16-14(20)8-12(9-15(16)21)22-13-10-23(11-13)18(24)27-19(3,4)5/h8-9,13,17,22H,6-7,10-11H2,1-5H3. The lowest BCUT2D eigenvalue weighted by molar-refractivity contribution is -0.143. The molecule has 0 aliphatic carbocycles. The molecule has 6 nitrogen and oxygen atoms in total. The Bertz CT molecular complexity index is 629. The number of carbonyl (C=O) groups is 1. The number of likely N-dealkylation sites (tertiary alicyclic amines) is 1. The Morgan fingerprint density at radius 3 is 2.15 bits per heavy atom. The highest BCUT2D eigenvalue weighted by molar-refractivity contribution is 5.69. The Morgan fingerprint density at radius 1 is 1.19 bits per heavy atom. The minimum Gasteiger partial charge on any atom is -0.444 e. The maximum absolute atomic E-state index is 14.4. The van der Waals surface area contributed by atoms with Crippen molar-refractivity contribution in [3.63, 3.8) is 0 Å². The van der Waals surface area contributed by atoms with E-state index in [4.69, 9.17) is 14.2 Å². The number of ether oxygens (including phenoxy) is 3. The number of benzene rings is 1. The fourth-order valence-electron chi connectivity index (χ4n) is 2.69. The minimum atomic E-state index is -1.08. The molecule has 0 spiro atoms. The molecule has 1 aliphatic rings. The van der Waals surface area contributed by atoms with Crippen molar-refractivity contribution in [3.8, 4) is 0 Å². The number of nitrogens with one attached hydrogen (secondary N) is 1. The average Bonchev–Trinajstić information content (AvgIpc) is 2.48. The third-order valence-corrected chi connectivity index (χ3v) is 3.85. The van der Waals surface area contributed by atoms with Crippen LogP contribution in [-0.4, -0.2) is 48.9 Å². The van der Waals surface area contributed by atoms with Crippen LogP contribution < -0.4 is 5.32 Å². The van der Waals surface area contributed by atoms with Crippen molar-refractivity contribution in [3.05, 3.63) is 29.3 Å². The number of anilines is 1. The van der Waals surface area contributed by atoms with E-state index in [0.29, 0.717) is 18.8 Å². The van der Waals surface area contributed by atoms with Crippen molar-refractivity contribution in [2.75, 3.05) is 31.6 Å². The maximum atomic E-state index is 14.4. The topological polar surface area (TPSA) is 60.0 Å². The summed E-state index contributed by atoms with van der Waals surface area (Å²) in [5.74, 6) is -1.49. The van der Waals surface area contributed by atoms with Crippen molar-refractivity contribution in [1.82, 2.24) is 4.90 Å². The third-order valence-electron chi connectivity index (χ3n) is 3.85. The van der Waals surface area contributed by atoms with E-state index in [1.54, 1.807) is 34.6 Å². The summed E-state index contributed by atoms with van der Waals surface area (Å²) in [5.41, 5.74) is -0.502. The quantitative estimate of drug-likeness (QED) is 0.716. The fraction of sp³-hybridized carbons (Fsp3) is 0.632. The lowest BCUT2D eigenvalue weighted by Gasteiger charge is -2.40. The summed E-state index contributed by atoms with van der Waals surface area (Å²) >= 11 is 0. The van der Waals surface area contributed by atoms with Gasteiger partial charge < -0.3 is 24.4 Å². The highest BCUT2D eigenvalue weighted by Gasteiger charge is 2.34. The summed E-state index contributed by atoms with van der Waals surface area (Å²) in [6.45, 7) is 10.2. The van der Waals surface area contributed by atoms with Gasteiger partial charge in [-0.15, -0.1) is 0 Å². The van der Waals surface area contributed by atoms with Crippen molar-refractivity contribution >= 4 is 11.8 Å². The molecule has 2 rings (SSSR count). The first-order valence-electron chi connectivity index (χ1n) is 9.11. The molecule has 1 amide bonds. The van der Waals surface area contributed by atoms with Crippen LogP contribution in [0.1, 0.15) is 46.5 Å². The molecule has 1 fully saturated rings. The monoisotopic (exact) mass is 386 g/mol. The molecule has 1 aromatic carbocycles. The number of hydrogen-bond acceptors (Lipinski definition) is 5. The SMILES string of the molecule is CCOC(OCC)c1c(F)cc(NC2CN(C(=O)OC(C)(C)C)C2)cc1F. The number of hydrogen-bond donors (Lipinski definition) is 1. The summed E-state index contributed by atoms with van der Waals surface area (Å²) in [4.78, 5) is 13.4. The maximum Gasteiger partial charge on any atom is 0.410 e. The molecular weight excluding hydrogens is 358 g/mol. The van der Waals surface area contributed by atoms with Crippen molar-refractivity contribution in [2.24, 2.45) is 0 Å². The third kappa shape index (κ3) is 5.77. The summed E-state index contributed by atoms with van der Waals surface area (Å²) < 4.78 is 44.7. The van der Waals surface area contributed by atoms with Crippen LogP contribution in [-0.2, 0) is 14.2 Å². The van der Waals surface area contributed by atoms with Crippen molar-refractivity contribution in [1.29, 1.82) is 0 Å². The molecule has 1 aliphatic heterocycles. The lowest BCUT2D eigenvalue weighted by atomic mass is 10.1. The zero-order valence-corrected chi connectivity index (χ0v) is 16.5. The van der Waals surface area contributed by atoms with Crippen LogP contribution in [0, 0.1) is 11.6 Å². The number of carbonyl (C=O) groups excluding carboxylic acids is 1. The van der Waals surface area contributed by atoms with Gasteiger partial charge in [-0.3, -0.25) is 0 Å². The summed E-state index contributed by atoms with van der Waals surface area (Å²) in [7, 11) is 0. The van der Waals surface area contributed by atoms with E-state index in [-0.39, 0.29) is 24.8 Å². The lowest BCUT2D eigenvalue weighted by Crippen LogP contribution is -2.57. The second kappa shape index (κ2) is 8.84. The molecule has 0 atom stereocenters. The highest BCUT2D eigenvalue weighted by Crippen LogP contribution is 2.29. The van der Waals surface area contributed by atoms with Crippen LogP contribution >= 0.6 is 0 Å². The molecule has 1 heterocycles. The molecule has 152 valence electrons. The molecule has 1 saturated heterocycles. The fourth-order valence-corrected chi connectivity index (χ4v) is 2.69. The first-order chi connectivity index (χ1) is 12.6. The number of rotatable bonds is 7. The Balaban J connectivity index is 1.98. The molecule has 8 heteroatoms. The van der Waals surface area contributed by atoms with Crippen LogP contribution in [0.3, 0.4) is 0 Å². The molecule has 0 unspecified atom stereocenters. The molecule has 1 N–H and O–H groups in total. The predicted molar refractivity (Wildman–Crippen MR) is 97.6 cm³/mol. The van der Waals surface area contributed by atoms with Crippen LogP contribution in [0.2, 0.25) is 0 Å². The van der Waals surface area contributed by atoms with Gasteiger partial charge in [0, 0.05) is 32.0 Å². The number of amides is 1. The van der Waals surface area contributed by atoms with Gasteiger partial charge >= 0.3 is 6.09 Å². The van der Waals surface area contributed by atoms with E-state index in [0.717, 1.165) is 0 Å². The zero-order chi connectivity index (χ0) is 20.2. The van der Waals surface area contributed by atoms with E-state index in [2.05, 4.69) is 5.32 Å². The van der Waals surface area contributed by atoms with Gasteiger partial charge in [0.25, 0.3) is 0 Å². The molecular formula is C19H28F2N2O4. The molecule has 0 radical (unpaired) electrons. The molecule has 0 bridgehead atoms. The number of halogens is 2.